The van der Waals surface area contributed by atoms with Crippen molar-refractivity contribution in [1.82, 2.24) is 0 Å². The lowest BCUT2D eigenvalue weighted by atomic mass is 9.90. The van der Waals surface area contributed by atoms with Crippen LogP contribution in [0.15, 0.2) is 30.3 Å². The zero-order valence-corrected chi connectivity index (χ0v) is 29.0. The summed E-state index contributed by atoms with van der Waals surface area (Å²) in [6.07, 6.45) is 2.17. The van der Waals surface area contributed by atoms with Crippen molar-refractivity contribution in [1.29, 1.82) is 0 Å². The molecular weight excluding hydrogens is 600 g/mol. The van der Waals surface area contributed by atoms with Crippen LogP contribution in [0.5, 0.6) is 5.75 Å². The molecule has 0 aromatic heterocycles. The van der Waals surface area contributed by atoms with Crippen molar-refractivity contribution in [2.45, 2.75) is 70.9 Å². The van der Waals surface area contributed by atoms with E-state index in [9.17, 15) is 5.11 Å². The van der Waals surface area contributed by atoms with Crippen molar-refractivity contribution in [2.75, 3.05) is 112 Å². The quantitative estimate of drug-likeness (QED) is 0.0841. The molecular formula is C34H62O12. The molecule has 12 nitrogen and oxygen atoms in total. The number of hydrogen-bond acceptors (Lipinski definition) is 12. The number of aliphatic hydroxyl groups is 2. The molecule has 0 spiro atoms. The fourth-order valence-corrected chi connectivity index (χ4v) is 4.30. The second-order valence-corrected chi connectivity index (χ2v) is 11.7. The van der Waals surface area contributed by atoms with Crippen LogP contribution >= 0.6 is 0 Å². The summed E-state index contributed by atoms with van der Waals surface area (Å²) in [4.78, 5) is 0. The van der Waals surface area contributed by atoms with Gasteiger partial charge in [0.2, 0.25) is 5.79 Å². The topological polar surface area (TPSA) is 133 Å². The Balaban J connectivity index is 2.02. The first-order valence-electron chi connectivity index (χ1n) is 16.6. The summed E-state index contributed by atoms with van der Waals surface area (Å²) in [6, 6.07) is 9.33. The third kappa shape index (κ3) is 21.5. The van der Waals surface area contributed by atoms with E-state index in [1.807, 2.05) is 58.0 Å². The van der Waals surface area contributed by atoms with Crippen LogP contribution < -0.4 is 4.74 Å². The molecule has 0 amide bonds. The Morgan fingerprint density at radius 2 is 0.957 bits per heavy atom. The van der Waals surface area contributed by atoms with Gasteiger partial charge in [-0.2, -0.15) is 0 Å². The van der Waals surface area contributed by atoms with E-state index < -0.39 is 17.0 Å². The smallest absolute Gasteiger partial charge is 0.236 e. The summed E-state index contributed by atoms with van der Waals surface area (Å²) in [5.74, 6) is -0.907. The summed E-state index contributed by atoms with van der Waals surface area (Å²) in [5, 5.41) is 20.2. The molecule has 1 atom stereocenters. The Morgan fingerprint density at radius 3 is 1.35 bits per heavy atom. The van der Waals surface area contributed by atoms with Gasteiger partial charge < -0.3 is 57.6 Å². The third-order valence-electron chi connectivity index (χ3n) is 6.66. The van der Waals surface area contributed by atoms with Crippen LogP contribution in [0.4, 0.5) is 0 Å². The van der Waals surface area contributed by atoms with E-state index in [0.29, 0.717) is 118 Å². The van der Waals surface area contributed by atoms with Crippen LogP contribution in [0.2, 0.25) is 0 Å². The standard InChI is InChI=1S/C34H62O12/c1-6-7-13-34(36,45-31-11-9-8-10-12-31)33(4,5)46-32(2,3)30-44-29-28-43-27-26-42-25-24-41-23-22-40-21-20-39-19-18-38-17-16-37-15-14-35/h8-12,35-36H,6-7,13-30H2,1-5H3. The average Bonchev–Trinajstić information content (AvgIpc) is 3.02. The monoisotopic (exact) mass is 662 g/mol. The molecule has 0 aliphatic carbocycles. The van der Waals surface area contributed by atoms with Gasteiger partial charge in [-0.15, -0.1) is 0 Å². The van der Waals surface area contributed by atoms with Gasteiger partial charge in [-0.25, -0.2) is 0 Å². The Kier molecular flexibility index (Phi) is 24.6. The predicted octanol–water partition coefficient (Wildman–Crippen LogP) is 3.64. The van der Waals surface area contributed by atoms with E-state index in [1.165, 1.54) is 0 Å². The second-order valence-electron chi connectivity index (χ2n) is 11.7. The minimum absolute atomic E-state index is 0.0211. The van der Waals surface area contributed by atoms with Crippen LogP contribution in [-0.4, -0.2) is 140 Å². The van der Waals surface area contributed by atoms with Gasteiger partial charge in [0.15, 0.2) is 0 Å². The van der Waals surface area contributed by atoms with Crippen LogP contribution in [0.25, 0.3) is 0 Å². The number of unbranched alkanes of at least 4 members (excludes halogenated alkanes) is 1. The maximum Gasteiger partial charge on any atom is 0.236 e. The maximum absolute atomic E-state index is 11.6. The molecule has 0 fully saturated rings. The van der Waals surface area contributed by atoms with Crippen molar-refractivity contribution in [3.05, 3.63) is 30.3 Å². The summed E-state index contributed by atoms with van der Waals surface area (Å²) < 4.78 is 56.3. The molecule has 1 aromatic carbocycles. The molecule has 12 heteroatoms. The van der Waals surface area contributed by atoms with Crippen molar-refractivity contribution in [3.8, 4) is 5.75 Å². The van der Waals surface area contributed by atoms with E-state index in [0.717, 1.165) is 12.8 Å². The van der Waals surface area contributed by atoms with E-state index in [4.69, 9.17) is 52.5 Å². The molecule has 0 aliphatic heterocycles. The fourth-order valence-electron chi connectivity index (χ4n) is 4.30. The number of benzene rings is 1. The molecule has 0 saturated carbocycles. The average molecular weight is 663 g/mol. The van der Waals surface area contributed by atoms with Gasteiger partial charge in [0.1, 0.15) is 11.4 Å². The zero-order valence-electron chi connectivity index (χ0n) is 29.0. The molecule has 1 rings (SSSR count). The normalized spacial score (nSPS) is 13.6. The highest BCUT2D eigenvalue weighted by atomic mass is 16.7. The fraction of sp³-hybridized carbons (Fsp3) is 0.824. The molecule has 46 heavy (non-hydrogen) atoms. The van der Waals surface area contributed by atoms with Crippen LogP contribution in [0.1, 0.15) is 53.9 Å². The minimum atomic E-state index is -1.51. The molecule has 0 heterocycles. The molecule has 1 aromatic rings. The molecule has 0 radical (unpaired) electrons. The van der Waals surface area contributed by atoms with Gasteiger partial charge in [-0.1, -0.05) is 31.5 Å². The lowest BCUT2D eigenvalue weighted by Gasteiger charge is -2.46. The Bertz CT molecular complexity index is 811. The highest BCUT2D eigenvalue weighted by Crippen LogP contribution is 2.36. The summed E-state index contributed by atoms with van der Waals surface area (Å²) in [7, 11) is 0. The largest absolute Gasteiger partial charge is 0.459 e. The van der Waals surface area contributed by atoms with E-state index in [1.54, 1.807) is 0 Å². The van der Waals surface area contributed by atoms with Crippen molar-refractivity contribution < 1.29 is 57.6 Å². The van der Waals surface area contributed by atoms with Gasteiger partial charge in [0.05, 0.1) is 118 Å². The van der Waals surface area contributed by atoms with Crippen molar-refractivity contribution >= 4 is 0 Å². The van der Waals surface area contributed by atoms with Crippen LogP contribution in [-0.2, 0) is 42.6 Å². The molecule has 0 aliphatic rings. The van der Waals surface area contributed by atoms with Crippen molar-refractivity contribution in [3.63, 3.8) is 0 Å². The summed E-state index contributed by atoms with van der Waals surface area (Å²) in [5.41, 5.74) is -1.67. The maximum atomic E-state index is 11.6. The highest BCUT2D eigenvalue weighted by molar-refractivity contribution is 5.22. The number of hydrogen-bond donors (Lipinski definition) is 2. The minimum Gasteiger partial charge on any atom is -0.459 e. The van der Waals surface area contributed by atoms with Crippen LogP contribution in [0, 0.1) is 0 Å². The highest BCUT2D eigenvalue weighted by Gasteiger charge is 2.49. The molecule has 2 N–H and O–H groups in total. The first-order valence-corrected chi connectivity index (χ1v) is 16.6. The third-order valence-corrected chi connectivity index (χ3v) is 6.66. The number of rotatable bonds is 33. The van der Waals surface area contributed by atoms with Crippen LogP contribution in [0.3, 0.4) is 0 Å². The van der Waals surface area contributed by atoms with Crippen molar-refractivity contribution in [2.24, 2.45) is 0 Å². The number of para-hydroxylation sites is 1. The Hall–Kier alpha value is -1.42. The second kappa shape index (κ2) is 26.5. The lowest BCUT2D eigenvalue weighted by molar-refractivity contribution is -0.297. The Morgan fingerprint density at radius 1 is 0.565 bits per heavy atom. The molecule has 1 unspecified atom stereocenters. The van der Waals surface area contributed by atoms with Gasteiger partial charge in [0.25, 0.3) is 0 Å². The summed E-state index contributed by atoms with van der Waals surface area (Å²) >= 11 is 0. The number of ether oxygens (including phenoxy) is 10. The van der Waals surface area contributed by atoms with E-state index in [-0.39, 0.29) is 6.61 Å². The molecule has 0 saturated heterocycles. The molecule has 0 bridgehead atoms. The predicted molar refractivity (Wildman–Crippen MR) is 174 cm³/mol. The summed E-state index contributed by atoms with van der Waals surface area (Å²) in [6.45, 7) is 17.0. The zero-order chi connectivity index (χ0) is 33.8. The van der Waals surface area contributed by atoms with Gasteiger partial charge >= 0.3 is 0 Å². The van der Waals surface area contributed by atoms with Gasteiger partial charge in [0, 0.05) is 6.42 Å². The first kappa shape index (κ1) is 42.6. The number of aliphatic hydroxyl groups excluding tert-OH is 1. The first-order chi connectivity index (χ1) is 22.2. The Labute approximate surface area is 276 Å². The van der Waals surface area contributed by atoms with E-state index >= 15 is 0 Å². The molecule has 270 valence electrons. The van der Waals surface area contributed by atoms with Gasteiger partial charge in [-0.05, 0) is 46.2 Å². The SMILES string of the molecule is CCCCC(O)(Oc1ccccc1)C(C)(C)OC(C)(C)COCCOCCOCCOCCOCCOCCOCCOCCO. The lowest BCUT2D eigenvalue weighted by Crippen LogP contribution is -2.59. The van der Waals surface area contributed by atoms with E-state index in [2.05, 4.69) is 6.92 Å². The van der Waals surface area contributed by atoms with Gasteiger partial charge in [-0.3, -0.25) is 0 Å².